The number of rotatable bonds is 3. The minimum atomic E-state index is -1.76. The maximum Gasteiger partial charge on any atom is 0.200 e. The number of para-hydroxylation sites is 2. The van der Waals surface area contributed by atoms with Crippen molar-refractivity contribution < 1.29 is 0 Å². The Hall–Kier alpha value is -3.20. The highest BCUT2D eigenvalue weighted by molar-refractivity contribution is 5.89. The highest BCUT2D eigenvalue weighted by Gasteiger charge is 2.27. The Balaban J connectivity index is 2.12. The number of aromatic nitrogens is 3. The molecule has 0 aliphatic heterocycles. The van der Waals surface area contributed by atoms with Crippen LogP contribution in [-0.4, -0.2) is 15.0 Å². The van der Waals surface area contributed by atoms with Crippen LogP contribution in [0.15, 0.2) is 41.2 Å². The summed E-state index contributed by atoms with van der Waals surface area (Å²) in [6.07, 6.45) is 0.706. The Morgan fingerprint density at radius 3 is 2.48 bits per heavy atom. The van der Waals surface area contributed by atoms with Gasteiger partial charge in [0.2, 0.25) is 5.43 Å². The molecular weight excluding hydrogens is 342 g/mol. The van der Waals surface area contributed by atoms with Crippen molar-refractivity contribution in [3.63, 3.8) is 0 Å². The minimum absolute atomic E-state index is 0.183. The van der Waals surface area contributed by atoms with E-state index in [0.717, 1.165) is 16.6 Å². The van der Waals surface area contributed by atoms with Crippen LogP contribution in [0.4, 0.5) is 5.69 Å². The number of nitrogens with zero attached hydrogens (tertiary/aromatic N) is 1. The topological polar surface area (TPSA) is 166 Å². The number of anilines is 1. The molecule has 0 saturated carbocycles. The van der Waals surface area contributed by atoms with Crippen molar-refractivity contribution in [2.24, 2.45) is 17.2 Å². The Morgan fingerprint density at radius 1 is 1.07 bits per heavy atom. The molecule has 2 heterocycles. The van der Waals surface area contributed by atoms with E-state index in [-0.39, 0.29) is 16.7 Å². The van der Waals surface area contributed by atoms with Crippen molar-refractivity contribution in [2.75, 3.05) is 5.73 Å². The van der Waals surface area contributed by atoms with E-state index in [1.165, 1.54) is 0 Å². The molecule has 8 nitrogen and oxygen atoms in total. The van der Waals surface area contributed by atoms with Crippen LogP contribution in [0.5, 0.6) is 0 Å². The van der Waals surface area contributed by atoms with Gasteiger partial charge >= 0.3 is 0 Å². The van der Waals surface area contributed by atoms with E-state index in [1.807, 2.05) is 31.2 Å². The van der Waals surface area contributed by atoms with Crippen LogP contribution in [-0.2, 0) is 12.2 Å². The van der Waals surface area contributed by atoms with E-state index in [2.05, 4.69) is 15.0 Å². The molecular formula is C19H21N7O. The molecule has 4 rings (SSSR count). The number of fused-ring (bicyclic) bond motifs is 2. The number of imidazole rings is 1. The summed E-state index contributed by atoms with van der Waals surface area (Å²) in [7, 11) is 0. The van der Waals surface area contributed by atoms with Gasteiger partial charge in [0.25, 0.3) is 0 Å². The Bertz CT molecular complexity index is 1200. The average molecular weight is 363 g/mol. The van der Waals surface area contributed by atoms with Gasteiger partial charge in [-0.1, -0.05) is 19.1 Å². The number of nitrogens with one attached hydrogen (secondary N) is 2. The van der Waals surface area contributed by atoms with Crippen molar-refractivity contribution in [1.82, 2.24) is 15.0 Å². The number of nitrogen functional groups attached to an aromatic ring is 1. The van der Waals surface area contributed by atoms with Crippen molar-refractivity contribution >= 4 is 27.6 Å². The predicted molar refractivity (Wildman–Crippen MR) is 108 cm³/mol. The molecule has 4 aromatic rings. The summed E-state index contributed by atoms with van der Waals surface area (Å²) in [5.74, 6) is -1.41. The second-order valence-corrected chi connectivity index (χ2v) is 6.69. The first-order chi connectivity index (χ1) is 12.8. The minimum Gasteiger partial charge on any atom is -0.398 e. The molecule has 0 atom stereocenters. The van der Waals surface area contributed by atoms with E-state index in [4.69, 9.17) is 22.9 Å². The van der Waals surface area contributed by atoms with E-state index < -0.39 is 5.79 Å². The zero-order valence-electron chi connectivity index (χ0n) is 14.8. The van der Waals surface area contributed by atoms with Gasteiger partial charge in [0.05, 0.1) is 27.8 Å². The van der Waals surface area contributed by atoms with Crippen LogP contribution in [0, 0.1) is 0 Å². The van der Waals surface area contributed by atoms with Gasteiger partial charge in [-0.2, -0.15) is 0 Å². The van der Waals surface area contributed by atoms with Crippen molar-refractivity contribution in [1.29, 1.82) is 0 Å². The van der Waals surface area contributed by atoms with Gasteiger partial charge in [0.1, 0.15) is 5.82 Å². The fourth-order valence-electron chi connectivity index (χ4n) is 3.33. The van der Waals surface area contributed by atoms with Gasteiger partial charge < -0.3 is 15.7 Å². The number of hydrogen-bond acceptors (Lipinski definition) is 6. The summed E-state index contributed by atoms with van der Waals surface area (Å²) < 4.78 is 0. The second kappa shape index (κ2) is 5.92. The highest BCUT2D eigenvalue weighted by atomic mass is 16.1. The average Bonchev–Trinajstić information content (AvgIpc) is 3.03. The molecule has 10 N–H and O–H groups in total. The van der Waals surface area contributed by atoms with Gasteiger partial charge in [0, 0.05) is 11.1 Å². The monoisotopic (exact) mass is 363 g/mol. The molecule has 2 aromatic heterocycles. The van der Waals surface area contributed by atoms with Gasteiger partial charge in [-0.3, -0.25) is 22.0 Å². The number of pyridine rings is 1. The number of benzene rings is 2. The zero-order valence-corrected chi connectivity index (χ0v) is 14.8. The fourth-order valence-corrected chi connectivity index (χ4v) is 3.33. The lowest BCUT2D eigenvalue weighted by atomic mass is 10.0. The van der Waals surface area contributed by atoms with Gasteiger partial charge in [-0.05, 0) is 36.2 Å². The van der Waals surface area contributed by atoms with E-state index >= 15 is 0 Å². The lowest BCUT2D eigenvalue weighted by molar-refractivity contribution is 0.475. The number of aromatic amines is 2. The van der Waals surface area contributed by atoms with Crippen LogP contribution < -0.4 is 28.4 Å². The van der Waals surface area contributed by atoms with E-state index in [0.29, 0.717) is 28.8 Å². The predicted octanol–water partition coefficient (Wildman–Crippen LogP) is 1.20. The van der Waals surface area contributed by atoms with Gasteiger partial charge in [0.15, 0.2) is 5.79 Å². The smallest absolute Gasteiger partial charge is 0.200 e. The SMILES string of the molecule is CCc1cc2c(=O)c(-c3nc4ccccc4[nH]3)c(C(N)(N)N)[nH]c2cc1N. The van der Waals surface area contributed by atoms with Crippen LogP contribution in [0.25, 0.3) is 33.3 Å². The van der Waals surface area contributed by atoms with E-state index in [1.54, 1.807) is 12.1 Å². The summed E-state index contributed by atoms with van der Waals surface area (Å²) in [4.78, 5) is 24.1. The third-order valence-corrected chi connectivity index (χ3v) is 4.70. The van der Waals surface area contributed by atoms with Gasteiger partial charge in [-0.25, -0.2) is 4.98 Å². The van der Waals surface area contributed by atoms with Crippen molar-refractivity contribution in [2.45, 2.75) is 19.1 Å². The number of nitrogens with two attached hydrogens (primary N) is 4. The van der Waals surface area contributed by atoms with Crippen LogP contribution in [0.3, 0.4) is 0 Å². The molecule has 27 heavy (non-hydrogen) atoms. The largest absolute Gasteiger partial charge is 0.398 e. The molecule has 0 radical (unpaired) electrons. The number of aryl methyl sites for hydroxylation is 1. The van der Waals surface area contributed by atoms with Crippen LogP contribution >= 0.6 is 0 Å². The third-order valence-electron chi connectivity index (χ3n) is 4.70. The summed E-state index contributed by atoms with van der Waals surface area (Å²) in [5.41, 5.74) is 27.6. The highest BCUT2D eigenvalue weighted by Crippen LogP contribution is 2.27. The molecule has 0 fully saturated rings. The first kappa shape index (κ1) is 17.2. The maximum absolute atomic E-state index is 13.4. The number of hydrogen-bond donors (Lipinski definition) is 6. The Kier molecular flexibility index (Phi) is 3.77. The molecule has 138 valence electrons. The van der Waals surface area contributed by atoms with Crippen molar-refractivity contribution in [3.8, 4) is 11.4 Å². The summed E-state index contributed by atoms with van der Waals surface area (Å²) >= 11 is 0. The molecule has 0 spiro atoms. The van der Waals surface area contributed by atoms with Crippen LogP contribution in [0.2, 0.25) is 0 Å². The zero-order chi connectivity index (χ0) is 19.3. The van der Waals surface area contributed by atoms with Crippen molar-refractivity contribution in [3.05, 3.63) is 57.9 Å². The quantitative estimate of drug-likeness (QED) is 0.236. The molecule has 0 unspecified atom stereocenters. The first-order valence-electron chi connectivity index (χ1n) is 8.60. The Labute approximate surface area is 154 Å². The molecule has 0 aliphatic carbocycles. The standard InChI is InChI=1S/C19H21N7O/c1-2-9-7-10-14(8-11(9)20)24-17(19(21,22)23)15(16(10)27)18-25-12-5-3-4-6-13(12)26-18/h3-8H,2,20-23H2,1H3,(H,24,27)(H,25,26). The summed E-state index contributed by atoms with van der Waals surface area (Å²) in [6, 6.07) is 11.0. The van der Waals surface area contributed by atoms with Crippen LogP contribution in [0.1, 0.15) is 18.2 Å². The molecule has 0 saturated heterocycles. The molecule has 8 heteroatoms. The summed E-state index contributed by atoms with van der Waals surface area (Å²) in [6.45, 7) is 1.98. The Morgan fingerprint density at radius 2 is 1.81 bits per heavy atom. The molecule has 0 aliphatic rings. The maximum atomic E-state index is 13.4. The fraction of sp³-hybridized carbons (Fsp3) is 0.158. The molecule has 0 amide bonds. The summed E-state index contributed by atoms with van der Waals surface area (Å²) in [5, 5.41) is 0.476. The molecule has 2 aromatic carbocycles. The normalized spacial score (nSPS) is 12.1. The van der Waals surface area contributed by atoms with E-state index in [9.17, 15) is 4.79 Å². The van der Waals surface area contributed by atoms with Gasteiger partial charge in [-0.15, -0.1) is 0 Å². The number of H-pyrrole nitrogens is 2. The first-order valence-corrected chi connectivity index (χ1v) is 8.60. The molecule has 0 bridgehead atoms. The lowest BCUT2D eigenvalue weighted by Crippen LogP contribution is -2.56. The third kappa shape index (κ3) is 2.76. The second-order valence-electron chi connectivity index (χ2n) is 6.69. The lowest BCUT2D eigenvalue weighted by Gasteiger charge is -2.22.